The zero-order valence-electron chi connectivity index (χ0n) is 18.2. The third kappa shape index (κ3) is 3.64. The summed E-state index contributed by atoms with van der Waals surface area (Å²) in [6, 6.07) is 9.10. The summed E-state index contributed by atoms with van der Waals surface area (Å²) in [6.07, 6.45) is 3.30. The number of hydrogen-bond acceptors (Lipinski definition) is 7. The molecule has 0 bridgehead atoms. The largest absolute Gasteiger partial charge is 0.289 e. The highest BCUT2D eigenvalue weighted by atomic mass is 32.2. The van der Waals surface area contributed by atoms with Crippen molar-refractivity contribution in [2.45, 2.75) is 44.2 Å². The number of aromatic nitrogens is 2. The van der Waals surface area contributed by atoms with Gasteiger partial charge >= 0.3 is 0 Å². The number of benzene rings is 1. The second-order valence-corrected chi connectivity index (χ2v) is 10.0. The molecule has 0 N–H and O–H groups in total. The average Bonchev–Trinajstić information content (AvgIpc) is 3.41. The summed E-state index contributed by atoms with van der Waals surface area (Å²) >= 11 is 3.13. The predicted octanol–water partition coefficient (Wildman–Crippen LogP) is 3.83. The summed E-state index contributed by atoms with van der Waals surface area (Å²) in [6.45, 7) is 3.76. The zero-order valence-corrected chi connectivity index (χ0v) is 19.8. The molecule has 32 heavy (non-hydrogen) atoms. The first-order chi connectivity index (χ1) is 15.4. The third-order valence-corrected chi connectivity index (χ3v) is 8.05. The fourth-order valence-corrected chi connectivity index (χ4v) is 6.51. The van der Waals surface area contributed by atoms with E-state index < -0.39 is 0 Å². The number of carbonyl (C=O) groups is 2. The van der Waals surface area contributed by atoms with Gasteiger partial charge in [-0.3, -0.25) is 9.59 Å². The topological polar surface area (TPSA) is 78.8 Å². The Morgan fingerprint density at radius 1 is 1.25 bits per heavy atom. The lowest BCUT2D eigenvalue weighted by Gasteiger charge is -2.25. The van der Waals surface area contributed by atoms with Gasteiger partial charge in [-0.15, -0.1) is 11.3 Å². The van der Waals surface area contributed by atoms with E-state index in [-0.39, 0.29) is 29.3 Å². The quantitative estimate of drug-likeness (QED) is 0.430. The van der Waals surface area contributed by atoms with Crippen molar-refractivity contribution in [1.82, 2.24) is 15.0 Å². The summed E-state index contributed by atoms with van der Waals surface area (Å²) in [4.78, 5) is 41.6. The van der Waals surface area contributed by atoms with Gasteiger partial charge in [-0.1, -0.05) is 30.0 Å². The van der Waals surface area contributed by atoms with Crippen molar-refractivity contribution in [3.63, 3.8) is 0 Å². The third-order valence-electron chi connectivity index (χ3n) is 5.90. The lowest BCUT2D eigenvalue weighted by molar-refractivity contribution is -0.116. The van der Waals surface area contributed by atoms with Gasteiger partial charge in [-0.25, -0.2) is 25.0 Å². The number of hydrazine groups is 1. The van der Waals surface area contributed by atoms with Gasteiger partial charge in [0.15, 0.2) is 0 Å². The number of thiophene rings is 1. The highest BCUT2D eigenvalue weighted by Gasteiger charge is 2.40. The number of rotatable bonds is 4. The lowest BCUT2D eigenvalue weighted by atomic mass is 10.2. The van der Waals surface area contributed by atoms with Crippen LogP contribution in [0.15, 0.2) is 40.4 Å². The molecule has 1 atom stereocenters. The first-order valence-electron chi connectivity index (χ1n) is 10.6. The summed E-state index contributed by atoms with van der Waals surface area (Å²) < 4.78 is 0. The Morgan fingerprint density at radius 3 is 2.81 bits per heavy atom. The Bertz CT molecular complexity index is 1250. The molecular weight excluding hydrogens is 442 g/mol. The Labute approximate surface area is 194 Å². The number of anilines is 1. The maximum atomic E-state index is 13.0. The molecule has 0 spiro atoms. The van der Waals surface area contributed by atoms with Crippen LogP contribution in [0.4, 0.5) is 5.69 Å². The van der Waals surface area contributed by atoms with Crippen LogP contribution in [0.2, 0.25) is 0 Å². The van der Waals surface area contributed by atoms with Gasteiger partial charge < -0.3 is 0 Å². The SMILES string of the molecule is Cc1nc(SCC(=O)N=C2C(=O)N(c3ccccc3)N(C)C2C)c2c3c(sc2n1)CCC3. The van der Waals surface area contributed by atoms with E-state index in [4.69, 9.17) is 0 Å². The Balaban J connectivity index is 1.37. The number of thioether (sulfide) groups is 1. The minimum Gasteiger partial charge on any atom is -0.272 e. The second-order valence-electron chi connectivity index (χ2n) is 8.00. The number of amides is 2. The molecule has 1 saturated heterocycles. The molecule has 2 amide bonds. The highest BCUT2D eigenvalue weighted by Crippen LogP contribution is 2.40. The van der Waals surface area contributed by atoms with E-state index >= 15 is 0 Å². The van der Waals surface area contributed by atoms with E-state index in [1.54, 1.807) is 16.3 Å². The maximum Gasteiger partial charge on any atom is 0.289 e. The Morgan fingerprint density at radius 2 is 2.03 bits per heavy atom. The number of nitrogens with zero attached hydrogens (tertiary/aromatic N) is 5. The van der Waals surface area contributed by atoms with Crippen molar-refractivity contribution in [3.05, 3.63) is 46.6 Å². The highest BCUT2D eigenvalue weighted by molar-refractivity contribution is 8.00. The summed E-state index contributed by atoms with van der Waals surface area (Å²) in [5, 5.41) is 5.31. The number of para-hydroxylation sites is 1. The standard InChI is InChI=1S/C23H23N5O2S2/c1-13-20(23(30)28(27(13)3)15-8-5-4-6-9-15)26-18(29)12-31-21-19-16-10-7-11-17(16)32-22(19)25-14(2)24-21/h4-6,8-9,13H,7,10-12H2,1-3H3. The van der Waals surface area contributed by atoms with Crippen molar-refractivity contribution in [2.75, 3.05) is 17.8 Å². The van der Waals surface area contributed by atoms with Crippen LogP contribution in [0.1, 0.15) is 29.6 Å². The van der Waals surface area contributed by atoms with Gasteiger partial charge in [0, 0.05) is 17.3 Å². The molecule has 2 aliphatic rings. The van der Waals surface area contributed by atoms with Crippen molar-refractivity contribution in [2.24, 2.45) is 4.99 Å². The van der Waals surface area contributed by atoms with Gasteiger partial charge in [-0.05, 0) is 50.8 Å². The molecule has 1 unspecified atom stereocenters. The van der Waals surface area contributed by atoms with Gasteiger partial charge in [0.05, 0.1) is 17.5 Å². The predicted molar refractivity (Wildman–Crippen MR) is 128 cm³/mol. The van der Waals surface area contributed by atoms with Gasteiger partial charge in [0.25, 0.3) is 11.8 Å². The molecule has 164 valence electrons. The van der Waals surface area contributed by atoms with E-state index in [0.29, 0.717) is 5.82 Å². The summed E-state index contributed by atoms with van der Waals surface area (Å²) in [7, 11) is 1.83. The van der Waals surface area contributed by atoms with Crippen molar-refractivity contribution < 1.29 is 9.59 Å². The van der Waals surface area contributed by atoms with Crippen LogP contribution in [-0.4, -0.2) is 51.3 Å². The molecule has 7 nitrogen and oxygen atoms in total. The van der Waals surface area contributed by atoms with E-state index in [1.165, 1.54) is 22.2 Å². The van der Waals surface area contributed by atoms with Crippen LogP contribution in [0.5, 0.6) is 0 Å². The zero-order chi connectivity index (χ0) is 22.4. The minimum atomic E-state index is -0.329. The first kappa shape index (κ1) is 21.2. The Hall–Kier alpha value is -2.62. The average molecular weight is 466 g/mol. The van der Waals surface area contributed by atoms with Gasteiger partial charge in [0.1, 0.15) is 21.4 Å². The van der Waals surface area contributed by atoms with Crippen LogP contribution in [0.25, 0.3) is 10.2 Å². The van der Waals surface area contributed by atoms with E-state index in [0.717, 1.165) is 40.2 Å². The van der Waals surface area contributed by atoms with Crippen molar-refractivity contribution in [3.8, 4) is 0 Å². The normalized spacial score (nSPS) is 20.0. The van der Waals surface area contributed by atoms with Gasteiger partial charge in [0.2, 0.25) is 0 Å². The molecule has 1 aliphatic carbocycles. The molecule has 3 aromatic rings. The molecule has 5 rings (SSSR count). The molecule has 1 aliphatic heterocycles. The first-order valence-corrected chi connectivity index (χ1v) is 12.4. The molecule has 9 heteroatoms. The molecule has 3 heterocycles. The van der Waals surface area contributed by atoms with E-state index in [1.807, 2.05) is 56.2 Å². The molecular formula is C23H23N5O2S2. The molecule has 1 fully saturated rings. The van der Waals surface area contributed by atoms with Gasteiger partial charge in [-0.2, -0.15) is 0 Å². The number of fused-ring (bicyclic) bond motifs is 3. The molecule has 2 aromatic heterocycles. The van der Waals surface area contributed by atoms with E-state index in [2.05, 4.69) is 15.0 Å². The fourth-order valence-electron chi connectivity index (χ4n) is 4.26. The number of hydrogen-bond donors (Lipinski definition) is 0. The van der Waals surface area contributed by atoms with Crippen LogP contribution in [-0.2, 0) is 22.4 Å². The second kappa shape index (κ2) is 8.38. The maximum absolute atomic E-state index is 13.0. The monoisotopic (exact) mass is 465 g/mol. The van der Waals surface area contributed by atoms with Crippen LogP contribution < -0.4 is 5.01 Å². The fraction of sp³-hybridized carbons (Fsp3) is 0.348. The lowest BCUT2D eigenvalue weighted by Crippen LogP contribution is -2.38. The van der Waals surface area contributed by atoms with Crippen LogP contribution in [0, 0.1) is 6.92 Å². The summed E-state index contributed by atoms with van der Waals surface area (Å²) in [5.74, 6) is 0.248. The minimum absolute atomic E-state index is 0.134. The van der Waals surface area contributed by atoms with E-state index in [9.17, 15) is 9.59 Å². The molecule has 0 saturated carbocycles. The smallest absolute Gasteiger partial charge is 0.272 e. The number of aliphatic imine (C=N–C) groups is 1. The number of carbonyl (C=O) groups excluding carboxylic acids is 2. The number of aryl methyl sites for hydroxylation is 3. The van der Waals surface area contributed by atoms with Crippen molar-refractivity contribution in [1.29, 1.82) is 0 Å². The van der Waals surface area contributed by atoms with Crippen molar-refractivity contribution >= 4 is 56.5 Å². The Kier molecular flexibility index (Phi) is 5.56. The summed E-state index contributed by atoms with van der Waals surface area (Å²) in [5.41, 5.74) is 2.36. The van der Waals surface area contributed by atoms with Crippen LogP contribution in [0.3, 0.4) is 0 Å². The molecule has 0 radical (unpaired) electrons. The van der Waals surface area contributed by atoms with Crippen LogP contribution >= 0.6 is 23.1 Å². The molecule has 1 aromatic carbocycles.